The molecule has 0 saturated carbocycles. The molecule has 1 saturated heterocycles. The van der Waals surface area contributed by atoms with Crippen molar-refractivity contribution < 1.29 is 21.9 Å². The van der Waals surface area contributed by atoms with E-state index in [0.29, 0.717) is 52.3 Å². The lowest BCUT2D eigenvalue weighted by Gasteiger charge is -2.25. The first-order valence-electron chi connectivity index (χ1n) is 11.7. The summed E-state index contributed by atoms with van der Waals surface area (Å²) in [6.45, 7) is 0. The van der Waals surface area contributed by atoms with Crippen molar-refractivity contribution in [2.45, 2.75) is 25.3 Å². The molecule has 0 amide bonds. The van der Waals surface area contributed by atoms with Gasteiger partial charge in [-0.3, -0.25) is 9.78 Å². The van der Waals surface area contributed by atoms with E-state index in [1.165, 1.54) is 19.2 Å². The largest absolute Gasteiger partial charge is 0.495 e. The minimum atomic E-state index is -2.99. The number of hydrogen-bond donors (Lipinski definition) is 2. The predicted molar refractivity (Wildman–Crippen MR) is 137 cm³/mol. The molecule has 2 aromatic carbocycles. The molecule has 2 aromatic heterocycles. The molecule has 1 fully saturated rings. The fourth-order valence-electron chi connectivity index (χ4n) is 4.43. The zero-order valence-electron chi connectivity index (χ0n) is 19.9. The van der Waals surface area contributed by atoms with Crippen LogP contribution in [0.15, 0.2) is 53.5 Å². The summed E-state index contributed by atoms with van der Waals surface area (Å²) in [6.07, 6.45) is 2.83. The third-order valence-electron chi connectivity index (χ3n) is 6.34. The van der Waals surface area contributed by atoms with Crippen molar-refractivity contribution in [1.82, 2.24) is 15.0 Å². The lowest BCUT2D eigenvalue weighted by molar-refractivity contribution is 0.416. The molecule has 0 radical (unpaired) electrons. The van der Waals surface area contributed by atoms with Gasteiger partial charge in [0.2, 0.25) is 0 Å². The van der Waals surface area contributed by atoms with Crippen LogP contribution in [0.25, 0.3) is 22.2 Å². The summed E-state index contributed by atoms with van der Waals surface area (Å²) in [5.41, 5.74) is 2.26. The Bertz CT molecular complexity index is 1610. The average molecular weight is 527 g/mol. The second kappa shape index (κ2) is 9.89. The van der Waals surface area contributed by atoms with Crippen molar-refractivity contribution in [2.75, 3.05) is 23.9 Å². The standard InChI is InChI=1S/C26H24F2N4O4S/c1-36-24-12-20-22(13-23(24)30-19-4-6-37(34,35)7-5-19)31-25(32-26(20)33)8-15-2-3-21(29-14-15)16-9-17(27)11-18(28)10-16/h2-3,9-14,19,30H,4-8H2,1H3,(H,31,32,33). The number of fused-ring (bicyclic) bond motifs is 1. The lowest BCUT2D eigenvalue weighted by Crippen LogP contribution is -2.32. The topological polar surface area (TPSA) is 114 Å². The number of nitrogens with one attached hydrogen (secondary N) is 2. The summed E-state index contributed by atoms with van der Waals surface area (Å²) in [7, 11) is -1.49. The molecule has 0 atom stereocenters. The van der Waals surface area contributed by atoms with Gasteiger partial charge in [-0.05, 0) is 48.7 Å². The molecule has 5 rings (SSSR count). The molecular formula is C26H24F2N4O4S. The maximum atomic E-state index is 13.5. The highest BCUT2D eigenvalue weighted by Crippen LogP contribution is 2.30. The van der Waals surface area contributed by atoms with Gasteiger partial charge in [-0.25, -0.2) is 22.2 Å². The van der Waals surface area contributed by atoms with Gasteiger partial charge < -0.3 is 15.0 Å². The van der Waals surface area contributed by atoms with E-state index in [0.717, 1.165) is 11.6 Å². The maximum absolute atomic E-state index is 13.5. The van der Waals surface area contributed by atoms with Gasteiger partial charge in [0.15, 0.2) is 0 Å². The molecule has 0 aliphatic carbocycles. The molecule has 0 unspecified atom stereocenters. The molecule has 8 nitrogen and oxygen atoms in total. The first kappa shape index (κ1) is 24.8. The molecule has 1 aliphatic heterocycles. The Morgan fingerprint density at radius 2 is 1.81 bits per heavy atom. The van der Waals surface area contributed by atoms with E-state index in [2.05, 4.69) is 20.3 Å². The number of H-pyrrole nitrogens is 1. The van der Waals surface area contributed by atoms with Crippen LogP contribution in [0.4, 0.5) is 14.5 Å². The molecule has 4 aromatic rings. The Hall–Kier alpha value is -3.86. The lowest BCUT2D eigenvalue weighted by atomic mass is 10.1. The number of halogens is 2. The van der Waals surface area contributed by atoms with Crippen LogP contribution in [-0.4, -0.2) is 48.0 Å². The number of benzene rings is 2. The number of pyridine rings is 1. The van der Waals surface area contributed by atoms with E-state index in [4.69, 9.17) is 4.74 Å². The van der Waals surface area contributed by atoms with Crippen molar-refractivity contribution in [1.29, 1.82) is 0 Å². The molecule has 3 heterocycles. The van der Waals surface area contributed by atoms with Crippen molar-refractivity contribution >= 4 is 26.4 Å². The molecule has 1 aliphatic rings. The van der Waals surface area contributed by atoms with Gasteiger partial charge in [-0.1, -0.05) is 6.07 Å². The van der Waals surface area contributed by atoms with Crippen molar-refractivity contribution in [2.24, 2.45) is 0 Å². The number of anilines is 1. The van der Waals surface area contributed by atoms with E-state index < -0.39 is 21.5 Å². The summed E-state index contributed by atoms with van der Waals surface area (Å²) in [5.74, 6) is -0.221. The summed E-state index contributed by atoms with van der Waals surface area (Å²) < 4.78 is 56.0. The van der Waals surface area contributed by atoms with Gasteiger partial charge >= 0.3 is 0 Å². The SMILES string of the molecule is COc1cc2c(=O)[nH]c(Cc3ccc(-c4cc(F)cc(F)c4)nc3)nc2cc1NC1CCS(=O)(=O)CC1. The highest BCUT2D eigenvalue weighted by atomic mass is 32.2. The second-order valence-corrected chi connectivity index (χ2v) is 11.3. The van der Waals surface area contributed by atoms with Gasteiger partial charge in [0.25, 0.3) is 5.56 Å². The van der Waals surface area contributed by atoms with Gasteiger partial charge in [0.05, 0.1) is 40.9 Å². The minimum absolute atomic E-state index is 0.0347. The average Bonchev–Trinajstić information content (AvgIpc) is 2.85. The van der Waals surface area contributed by atoms with Crippen LogP contribution < -0.4 is 15.6 Å². The molecular weight excluding hydrogens is 502 g/mol. The predicted octanol–water partition coefficient (Wildman–Crippen LogP) is 3.85. The van der Waals surface area contributed by atoms with Crippen LogP contribution in [0.1, 0.15) is 24.2 Å². The Kier molecular flexibility index (Phi) is 6.63. The van der Waals surface area contributed by atoms with E-state index in [1.807, 2.05) is 0 Å². The Labute approximate surface area is 211 Å². The fourth-order valence-corrected chi connectivity index (χ4v) is 5.92. The number of methoxy groups -OCH3 is 1. The third-order valence-corrected chi connectivity index (χ3v) is 8.06. The van der Waals surface area contributed by atoms with Crippen LogP contribution >= 0.6 is 0 Å². The molecule has 0 bridgehead atoms. The van der Waals surface area contributed by atoms with Crippen molar-refractivity contribution in [3.8, 4) is 17.0 Å². The number of hydrogen-bond acceptors (Lipinski definition) is 7. The number of rotatable bonds is 6. The smallest absolute Gasteiger partial charge is 0.258 e. The summed E-state index contributed by atoms with van der Waals surface area (Å²) in [6, 6.07) is 9.94. The maximum Gasteiger partial charge on any atom is 0.258 e. The van der Waals surface area contributed by atoms with Crippen LogP contribution in [0.3, 0.4) is 0 Å². The number of nitrogens with zero attached hydrogens (tertiary/aromatic N) is 2. The molecule has 0 spiro atoms. The number of ether oxygens (including phenoxy) is 1. The zero-order valence-corrected chi connectivity index (χ0v) is 20.7. The van der Waals surface area contributed by atoms with Gasteiger partial charge in [-0.15, -0.1) is 0 Å². The van der Waals surface area contributed by atoms with E-state index in [-0.39, 0.29) is 29.5 Å². The summed E-state index contributed by atoms with van der Waals surface area (Å²) >= 11 is 0. The quantitative estimate of drug-likeness (QED) is 0.392. The Morgan fingerprint density at radius 1 is 1.08 bits per heavy atom. The number of aromatic nitrogens is 3. The molecule has 37 heavy (non-hydrogen) atoms. The van der Waals surface area contributed by atoms with E-state index in [9.17, 15) is 22.0 Å². The van der Waals surface area contributed by atoms with Crippen LogP contribution in [0.5, 0.6) is 5.75 Å². The van der Waals surface area contributed by atoms with Crippen molar-refractivity contribution in [3.05, 3.63) is 82.0 Å². The molecule has 2 N–H and O–H groups in total. The summed E-state index contributed by atoms with van der Waals surface area (Å²) in [5, 5.41) is 3.70. The summed E-state index contributed by atoms with van der Waals surface area (Å²) in [4.78, 5) is 24.5. The highest BCUT2D eigenvalue weighted by molar-refractivity contribution is 7.91. The van der Waals surface area contributed by atoms with Gasteiger partial charge in [0.1, 0.15) is 33.0 Å². The van der Waals surface area contributed by atoms with Crippen molar-refractivity contribution in [3.63, 3.8) is 0 Å². The molecule has 192 valence electrons. The van der Waals surface area contributed by atoms with Crippen LogP contribution in [-0.2, 0) is 16.3 Å². The fraction of sp³-hybridized carbons (Fsp3) is 0.269. The number of aromatic amines is 1. The van der Waals surface area contributed by atoms with Crippen LogP contribution in [0, 0.1) is 11.6 Å². The van der Waals surface area contributed by atoms with E-state index in [1.54, 1.807) is 30.5 Å². The Morgan fingerprint density at radius 3 is 2.46 bits per heavy atom. The number of sulfone groups is 1. The zero-order chi connectivity index (χ0) is 26.2. The van der Waals surface area contributed by atoms with Crippen LogP contribution in [0.2, 0.25) is 0 Å². The second-order valence-electron chi connectivity index (χ2n) is 9.04. The third kappa shape index (κ3) is 5.61. The Balaban J connectivity index is 1.40. The first-order chi connectivity index (χ1) is 17.7. The van der Waals surface area contributed by atoms with E-state index >= 15 is 0 Å². The normalized spacial score (nSPS) is 15.5. The first-order valence-corrected chi connectivity index (χ1v) is 13.5. The van der Waals surface area contributed by atoms with Gasteiger partial charge in [0, 0.05) is 30.3 Å². The monoisotopic (exact) mass is 526 g/mol. The highest BCUT2D eigenvalue weighted by Gasteiger charge is 2.24. The minimum Gasteiger partial charge on any atom is -0.495 e. The van der Waals surface area contributed by atoms with Gasteiger partial charge in [-0.2, -0.15) is 0 Å². The molecule has 11 heteroatoms.